The molecule has 2 unspecified atom stereocenters. The lowest BCUT2D eigenvalue weighted by Crippen LogP contribution is -2.54. The van der Waals surface area contributed by atoms with Crippen LogP contribution in [0.4, 0.5) is 0 Å². The smallest absolute Gasteiger partial charge is 0.0604 e. The Balaban J connectivity index is 1.89. The number of hydrogen-bond acceptors (Lipinski definition) is 2. The average Bonchev–Trinajstić information content (AvgIpc) is 3.00. The number of allylic oxidation sites excluding steroid dienone is 3. The highest BCUT2D eigenvalue weighted by Gasteiger charge is 2.45. The topological polar surface area (TPSA) is 3.24 Å². The molecule has 2 aromatic rings. The minimum absolute atomic E-state index is 0.0576. The Kier molecular flexibility index (Phi) is 4.74. The van der Waals surface area contributed by atoms with Crippen LogP contribution in [0.1, 0.15) is 58.6 Å². The van der Waals surface area contributed by atoms with Gasteiger partial charge in [-0.25, -0.2) is 0 Å². The molecule has 28 heavy (non-hydrogen) atoms. The molecule has 0 amide bonds. The largest absolute Gasteiger partial charge is 0.364 e. The van der Waals surface area contributed by atoms with Crippen LogP contribution in [0.15, 0.2) is 77.3 Å². The molecule has 0 spiro atoms. The third kappa shape index (κ3) is 3.33. The maximum absolute atomic E-state index is 2.63. The first-order chi connectivity index (χ1) is 13.2. The Morgan fingerprint density at radius 2 is 1.36 bits per heavy atom. The SMILES string of the molecule is CC(C)(C)N(C1=CC=C(c2ccccc2)C2c3ccccc3SC12)C(C)(C)C. The van der Waals surface area contributed by atoms with Gasteiger partial charge in [0.2, 0.25) is 0 Å². The van der Waals surface area contributed by atoms with Gasteiger partial charge in [-0.05, 0) is 70.4 Å². The molecule has 0 aromatic heterocycles. The van der Waals surface area contributed by atoms with E-state index < -0.39 is 0 Å². The molecule has 2 aliphatic rings. The van der Waals surface area contributed by atoms with Crippen molar-refractivity contribution < 1.29 is 0 Å². The minimum Gasteiger partial charge on any atom is -0.364 e. The highest BCUT2D eigenvalue weighted by Crippen LogP contribution is 2.56. The summed E-state index contributed by atoms with van der Waals surface area (Å²) in [5, 5.41) is 0.413. The van der Waals surface area contributed by atoms with Crippen molar-refractivity contribution in [2.75, 3.05) is 0 Å². The van der Waals surface area contributed by atoms with Gasteiger partial charge in [0.05, 0.1) is 5.25 Å². The Morgan fingerprint density at radius 1 is 0.750 bits per heavy atom. The van der Waals surface area contributed by atoms with E-state index in [4.69, 9.17) is 0 Å². The minimum atomic E-state index is 0.0576. The average molecular weight is 390 g/mol. The molecule has 0 radical (unpaired) electrons. The van der Waals surface area contributed by atoms with E-state index in [1.807, 2.05) is 11.8 Å². The van der Waals surface area contributed by atoms with Gasteiger partial charge in [-0.3, -0.25) is 0 Å². The van der Waals surface area contributed by atoms with Crippen molar-refractivity contribution in [3.8, 4) is 0 Å². The third-order valence-electron chi connectivity index (χ3n) is 5.58. The Morgan fingerprint density at radius 3 is 2.00 bits per heavy atom. The summed E-state index contributed by atoms with van der Waals surface area (Å²) in [6, 6.07) is 19.9. The predicted octanol–water partition coefficient (Wildman–Crippen LogP) is 7.12. The first-order valence-corrected chi connectivity index (χ1v) is 11.1. The molecular weight excluding hydrogens is 358 g/mol. The second kappa shape index (κ2) is 6.84. The fourth-order valence-corrected chi connectivity index (χ4v) is 6.53. The van der Waals surface area contributed by atoms with E-state index in [0.29, 0.717) is 11.2 Å². The second-order valence-electron chi connectivity index (χ2n) is 9.81. The lowest BCUT2D eigenvalue weighted by atomic mass is 9.79. The maximum Gasteiger partial charge on any atom is 0.0604 e. The fourth-order valence-electron chi connectivity index (χ4n) is 5.04. The van der Waals surface area contributed by atoms with Crippen molar-refractivity contribution in [2.45, 2.75) is 68.7 Å². The molecular formula is C26H31NS. The van der Waals surface area contributed by atoms with E-state index in [9.17, 15) is 0 Å². The molecule has 0 fully saturated rings. The molecule has 0 saturated heterocycles. The van der Waals surface area contributed by atoms with Crippen LogP contribution in [0.3, 0.4) is 0 Å². The van der Waals surface area contributed by atoms with Gasteiger partial charge in [0.1, 0.15) is 0 Å². The van der Waals surface area contributed by atoms with E-state index in [-0.39, 0.29) is 11.1 Å². The van der Waals surface area contributed by atoms with Crippen LogP contribution >= 0.6 is 11.8 Å². The van der Waals surface area contributed by atoms with Crippen LogP contribution < -0.4 is 0 Å². The fraction of sp³-hybridized carbons (Fsp3) is 0.385. The lowest BCUT2D eigenvalue weighted by Gasteiger charge is -2.51. The van der Waals surface area contributed by atoms with E-state index in [0.717, 1.165) is 0 Å². The number of rotatable bonds is 2. The van der Waals surface area contributed by atoms with E-state index in [1.54, 1.807) is 0 Å². The van der Waals surface area contributed by atoms with Crippen molar-refractivity contribution in [2.24, 2.45) is 0 Å². The van der Waals surface area contributed by atoms with Crippen molar-refractivity contribution in [1.82, 2.24) is 4.90 Å². The quantitative estimate of drug-likeness (QED) is 0.538. The molecule has 2 aromatic carbocycles. The molecule has 1 nitrogen and oxygen atoms in total. The van der Waals surface area contributed by atoms with Gasteiger partial charge in [-0.15, -0.1) is 11.8 Å². The summed E-state index contributed by atoms with van der Waals surface area (Å²) in [4.78, 5) is 4.06. The van der Waals surface area contributed by atoms with Gasteiger partial charge in [0.25, 0.3) is 0 Å². The van der Waals surface area contributed by atoms with Crippen LogP contribution in [0.25, 0.3) is 5.57 Å². The van der Waals surface area contributed by atoms with Gasteiger partial charge in [0.15, 0.2) is 0 Å². The highest BCUT2D eigenvalue weighted by atomic mass is 32.2. The second-order valence-corrected chi connectivity index (χ2v) is 11.0. The zero-order valence-electron chi connectivity index (χ0n) is 17.9. The summed E-state index contributed by atoms with van der Waals surface area (Å²) in [5.41, 5.74) is 5.81. The van der Waals surface area contributed by atoms with Crippen LogP contribution in [0, 0.1) is 0 Å². The monoisotopic (exact) mass is 389 g/mol. The standard InChI is InChI=1S/C26H31NS/c1-25(2,3)27(26(4,5)6)21-17-16-19(18-12-8-7-9-13-18)23-20-14-10-11-15-22(20)28-24(21)23/h7-17,23-24H,1-6H3. The van der Waals surface area contributed by atoms with E-state index in [2.05, 4.69) is 113 Å². The van der Waals surface area contributed by atoms with Gasteiger partial charge in [-0.1, -0.05) is 54.6 Å². The molecule has 0 saturated carbocycles. The molecule has 1 aliphatic carbocycles. The normalized spacial score (nSPS) is 21.5. The van der Waals surface area contributed by atoms with Gasteiger partial charge in [0, 0.05) is 27.6 Å². The Labute approximate surface area is 174 Å². The highest BCUT2D eigenvalue weighted by molar-refractivity contribution is 8.00. The first kappa shape index (κ1) is 19.4. The summed E-state index contributed by atoms with van der Waals surface area (Å²) in [5.74, 6) is 0.399. The van der Waals surface area contributed by atoms with Crippen molar-refractivity contribution in [3.63, 3.8) is 0 Å². The van der Waals surface area contributed by atoms with E-state index >= 15 is 0 Å². The summed E-state index contributed by atoms with van der Waals surface area (Å²) in [6.45, 7) is 14.0. The third-order valence-corrected chi connectivity index (χ3v) is 6.97. The van der Waals surface area contributed by atoms with Crippen LogP contribution in [0.2, 0.25) is 0 Å². The molecule has 2 atom stereocenters. The number of hydrogen-bond donors (Lipinski definition) is 0. The summed E-state index contributed by atoms with van der Waals surface area (Å²) >= 11 is 2.04. The first-order valence-electron chi connectivity index (χ1n) is 10.2. The zero-order valence-corrected chi connectivity index (χ0v) is 18.7. The summed E-state index contributed by atoms with van der Waals surface area (Å²) in [7, 11) is 0. The van der Waals surface area contributed by atoms with Crippen molar-refractivity contribution >= 4 is 17.3 Å². The molecule has 4 rings (SSSR count). The predicted molar refractivity (Wildman–Crippen MR) is 123 cm³/mol. The maximum atomic E-state index is 2.63. The van der Waals surface area contributed by atoms with E-state index in [1.165, 1.54) is 27.3 Å². The van der Waals surface area contributed by atoms with Crippen molar-refractivity contribution in [3.05, 3.63) is 83.6 Å². The zero-order chi connectivity index (χ0) is 20.1. The van der Waals surface area contributed by atoms with Gasteiger partial charge >= 0.3 is 0 Å². The lowest BCUT2D eigenvalue weighted by molar-refractivity contribution is 0.0751. The molecule has 1 heterocycles. The molecule has 1 aliphatic heterocycles. The number of benzene rings is 2. The Bertz CT molecular complexity index is 911. The van der Waals surface area contributed by atoms with Crippen LogP contribution in [-0.2, 0) is 0 Å². The molecule has 0 bridgehead atoms. The van der Waals surface area contributed by atoms with Crippen molar-refractivity contribution in [1.29, 1.82) is 0 Å². The number of thioether (sulfide) groups is 1. The number of nitrogens with zero attached hydrogens (tertiary/aromatic N) is 1. The van der Waals surface area contributed by atoms with Gasteiger partial charge < -0.3 is 4.90 Å². The number of fused-ring (bicyclic) bond motifs is 3. The van der Waals surface area contributed by atoms with Crippen LogP contribution in [-0.4, -0.2) is 21.2 Å². The molecule has 0 N–H and O–H groups in total. The molecule has 146 valence electrons. The van der Waals surface area contributed by atoms with Crippen LogP contribution in [0.5, 0.6) is 0 Å². The summed E-state index contributed by atoms with van der Waals surface area (Å²) in [6.07, 6.45) is 4.76. The Hall–Kier alpha value is -1.93. The molecule has 2 heteroatoms. The summed E-state index contributed by atoms with van der Waals surface area (Å²) < 4.78 is 0. The van der Waals surface area contributed by atoms with Gasteiger partial charge in [-0.2, -0.15) is 0 Å².